The second-order valence-corrected chi connectivity index (χ2v) is 5.29. The van der Waals surface area contributed by atoms with Crippen molar-refractivity contribution < 1.29 is 9.78 Å². The zero-order valence-corrected chi connectivity index (χ0v) is 9.91. The average molecular weight is 198 g/mol. The van der Waals surface area contributed by atoms with Gasteiger partial charge >= 0.3 is 0 Å². The predicted octanol–water partition coefficient (Wildman–Crippen LogP) is 3.33. The summed E-state index contributed by atoms with van der Waals surface area (Å²) in [7, 11) is 0. The van der Waals surface area contributed by atoms with Crippen molar-refractivity contribution in [3.05, 3.63) is 12.2 Å². The van der Waals surface area contributed by atoms with E-state index in [2.05, 4.69) is 26.0 Å². The van der Waals surface area contributed by atoms with Crippen LogP contribution in [0.2, 0.25) is 0 Å². The molecule has 1 aliphatic carbocycles. The Labute approximate surface area is 87.2 Å². The van der Waals surface area contributed by atoms with Gasteiger partial charge in [-0.15, -0.1) is 0 Å². The van der Waals surface area contributed by atoms with Gasteiger partial charge in [-0.3, -0.25) is 0 Å². The highest BCUT2D eigenvalue weighted by molar-refractivity contribution is 4.99. The molecular formula is C12H22O2. The zero-order chi connectivity index (χ0) is 10.8. The van der Waals surface area contributed by atoms with Crippen LogP contribution in [0.3, 0.4) is 0 Å². The summed E-state index contributed by atoms with van der Waals surface area (Å²) < 4.78 is 0. The molecule has 0 bridgehead atoms. The minimum Gasteiger partial charge on any atom is -0.232 e. The van der Waals surface area contributed by atoms with Gasteiger partial charge < -0.3 is 0 Å². The summed E-state index contributed by atoms with van der Waals surface area (Å²) in [5.74, 6) is 1.05. The highest BCUT2D eigenvalue weighted by Gasteiger charge is 2.25. The standard InChI is InChI=1S/C12H22O2/c1-9-6-7-10(2)11(8-9)13-14-12(3,4)5/h6-7,9-11H,8H2,1-5H3. The van der Waals surface area contributed by atoms with Crippen LogP contribution in [0.5, 0.6) is 0 Å². The minimum absolute atomic E-state index is 0.203. The topological polar surface area (TPSA) is 18.5 Å². The van der Waals surface area contributed by atoms with E-state index in [1.54, 1.807) is 0 Å². The van der Waals surface area contributed by atoms with E-state index in [9.17, 15) is 0 Å². The smallest absolute Gasteiger partial charge is 0.0995 e. The molecular weight excluding hydrogens is 176 g/mol. The van der Waals surface area contributed by atoms with E-state index >= 15 is 0 Å². The molecule has 0 aromatic rings. The first-order valence-electron chi connectivity index (χ1n) is 5.41. The van der Waals surface area contributed by atoms with Crippen LogP contribution in [-0.4, -0.2) is 11.7 Å². The van der Waals surface area contributed by atoms with Gasteiger partial charge in [0.2, 0.25) is 0 Å². The van der Waals surface area contributed by atoms with E-state index in [1.165, 1.54) is 0 Å². The molecule has 2 heteroatoms. The molecule has 14 heavy (non-hydrogen) atoms. The normalized spacial score (nSPS) is 33.4. The molecule has 3 unspecified atom stereocenters. The van der Waals surface area contributed by atoms with Gasteiger partial charge in [-0.05, 0) is 33.1 Å². The summed E-state index contributed by atoms with van der Waals surface area (Å²) in [5, 5.41) is 0. The van der Waals surface area contributed by atoms with Gasteiger partial charge in [0.25, 0.3) is 0 Å². The van der Waals surface area contributed by atoms with Crippen molar-refractivity contribution in [2.24, 2.45) is 11.8 Å². The van der Waals surface area contributed by atoms with Crippen molar-refractivity contribution in [2.45, 2.75) is 52.7 Å². The van der Waals surface area contributed by atoms with Crippen LogP contribution >= 0.6 is 0 Å². The van der Waals surface area contributed by atoms with Crippen LogP contribution < -0.4 is 0 Å². The summed E-state index contributed by atoms with van der Waals surface area (Å²) in [6, 6.07) is 0. The SMILES string of the molecule is CC1C=CC(C)C(OOC(C)(C)C)C1. The van der Waals surface area contributed by atoms with E-state index in [0.717, 1.165) is 6.42 Å². The Hall–Kier alpha value is -0.340. The highest BCUT2D eigenvalue weighted by atomic mass is 17.2. The van der Waals surface area contributed by atoms with E-state index in [1.807, 2.05) is 20.8 Å². The monoisotopic (exact) mass is 198 g/mol. The third-order valence-corrected chi connectivity index (χ3v) is 2.36. The number of rotatable bonds is 2. The molecule has 0 heterocycles. The molecule has 0 aromatic heterocycles. The van der Waals surface area contributed by atoms with Crippen LogP contribution in [-0.2, 0) is 9.78 Å². The first kappa shape index (κ1) is 11.7. The van der Waals surface area contributed by atoms with Gasteiger partial charge in [0.05, 0.1) is 11.7 Å². The van der Waals surface area contributed by atoms with E-state index in [4.69, 9.17) is 9.78 Å². The minimum atomic E-state index is -0.218. The van der Waals surface area contributed by atoms with Crippen LogP contribution in [0, 0.1) is 11.8 Å². The van der Waals surface area contributed by atoms with E-state index in [0.29, 0.717) is 11.8 Å². The third-order valence-electron chi connectivity index (χ3n) is 2.36. The lowest BCUT2D eigenvalue weighted by Crippen LogP contribution is -2.30. The molecule has 3 atom stereocenters. The van der Waals surface area contributed by atoms with Crippen molar-refractivity contribution in [3.8, 4) is 0 Å². The fourth-order valence-corrected chi connectivity index (χ4v) is 1.48. The number of hydrogen-bond acceptors (Lipinski definition) is 2. The lowest BCUT2D eigenvalue weighted by atomic mass is 9.88. The van der Waals surface area contributed by atoms with Crippen LogP contribution in [0.4, 0.5) is 0 Å². The van der Waals surface area contributed by atoms with Crippen molar-refractivity contribution in [1.82, 2.24) is 0 Å². The lowest BCUT2D eigenvalue weighted by molar-refractivity contribution is -0.379. The van der Waals surface area contributed by atoms with Crippen molar-refractivity contribution in [3.63, 3.8) is 0 Å². The Morgan fingerprint density at radius 2 is 1.79 bits per heavy atom. The second kappa shape index (κ2) is 4.45. The molecule has 0 amide bonds. The van der Waals surface area contributed by atoms with E-state index < -0.39 is 0 Å². The Morgan fingerprint density at radius 1 is 1.14 bits per heavy atom. The molecule has 0 aromatic carbocycles. The first-order chi connectivity index (χ1) is 6.38. The molecule has 0 saturated carbocycles. The number of hydrogen-bond donors (Lipinski definition) is 0. The van der Waals surface area contributed by atoms with Crippen LogP contribution in [0.25, 0.3) is 0 Å². The van der Waals surface area contributed by atoms with Gasteiger partial charge in [0.15, 0.2) is 0 Å². The van der Waals surface area contributed by atoms with E-state index in [-0.39, 0.29) is 11.7 Å². The Morgan fingerprint density at radius 3 is 2.36 bits per heavy atom. The summed E-state index contributed by atoms with van der Waals surface area (Å²) in [6.07, 6.45) is 5.72. The quantitative estimate of drug-likeness (QED) is 0.385. The summed E-state index contributed by atoms with van der Waals surface area (Å²) in [6.45, 7) is 10.4. The summed E-state index contributed by atoms with van der Waals surface area (Å²) in [5.41, 5.74) is -0.218. The van der Waals surface area contributed by atoms with Crippen LogP contribution in [0.1, 0.15) is 41.0 Å². The molecule has 0 fully saturated rings. The van der Waals surface area contributed by atoms with Gasteiger partial charge in [-0.2, -0.15) is 0 Å². The van der Waals surface area contributed by atoms with Crippen molar-refractivity contribution in [2.75, 3.05) is 0 Å². The van der Waals surface area contributed by atoms with Crippen molar-refractivity contribution >= 4 is 0 Å². The molecule has 0 saturated heterocycles. The Kier molecular flexibility index (Phi) is 3.73. The zero-order valence-electron chi connectivity index (χ0n) is 9.91. The molecule has 0 spiro atoms. The Balaban J connectivity index is 2.41. The maximum absolute atomic E-state index is 5.48. The molecule has 0 N–H and O–H groups in total. The maximum atomic E-state index is 5.48. The van der Waals surface area contributed by atoms with Gasteiger partial charge in [-0.25, -0.2) is 9.78 Å². The molecule has 1 aliphatic rings. The fourth-order valence-electron chi connectivity index (χ4n) is 1.48. The molecule has 2 nitrogen and oxygen atoms in total. The maximum Gasteiger partial charge on any atom is 0.0995 e. The fraction of sp³-hybridized carbons (Fsp3) is 0.833. The second-order valence-electron chi connectivity index (χ2n) is 5.29. The summed E-state index contributed by atoms with van der Waals surface area (Å²) in [4.78, 5) is 10.8. The van der Waals surface area contributed by atoms with Gasteiger partial charge in [0.1, 0.15) is 0 Å². The lowest BCUT2D eigenvalue weighted by Gasteiger charge is -2.29. The first-order valence-corrected chi connectivity index (χ1v) is 5.41. The Bertz CT molecular complexity index is 203. The van der Waals surface area contributed by atoms with Gasteiger partial charge in [-0.1, -0.05) is 26.0 Å². The highest BCUT2D eigenvalue weighted by Crippen LogP contribution is 2.26. The molecule has 82 valence electrons. The molecule has 1 rings (SSSR count). The average Bonchev–Trinajstić information content (AvgIpc) is 2.05. The summed E-state index contributed by atoms with van der Waals surface area (Å²) >= 11 is 0. The third kappa shape index (κ3) is 3.81. The van der Waals surface area contributed by atoms with Crippen molar-refractivity contribution in [1.29, 1.82) is 0 Å². The molecule has 0 radical (unpaired) electrons. The molecule has 0 aliphatic heterocycles. The predicted molar refractivity (Wildman–Crippen MR) is 57.8 cm³/mol. The largest absolute Gasteiger partial charge is 0.232 e. The van der Waals surface area contributed by atoms with Crippen LogP contribution in [0.15, 0.2) is 12.2 Å². The number of allylic oxidation sites excluding steroid dienone is 1. The van der Waals surface area contributed by atoms with Gasteiger partial charge in [0, 0.05) is 5.92 Å².